The number of rotatable bonds is 4. The molecule has 0 aliphatic carbocycles. The average Bonchev–Trinajstić information content (AvgIpc) is 2.83. The lowest BCUT2D eigenvalue weighted by molar-refractivity contribution is 0.0946. The van der Waals surface area contributed by atoms with Crippen LogP contribution in [-0.4, -0.2) is 35.5 Å². The van der Waals surface area contributed by atoms with E-state index < -0.39 is 0 Å². The van der Waals surface area contributed by atoms with Gasteiger partial charge in [-0.15, -0.1) is 0 Å². The molecule has 0 aromatic carbocycles. The third kappa shape index (κ3) is 3.39. The first-order chi connectivity index (χ1) is 8.25. The third-order valence-corrected chi connectivity index (χ3v) is 2.91. The molecule has 0 saturated carbocycles. The van der Waals surface area contributed by atoms with Crippen molar-refractivity contribution in [3.63, 3.8) is 0 Å². The van der Waals surface area contributed by atoms with Crippen molar-refractivity contribution in [2.45, 2.75) is 12.8 Å². The maximum atomic E-state index is 11.6. The van der Waals surface area contributed by atoms with Gasteiger partial charge in [-0.05, 0) is 31.8 Å². The van der Waals surface area contributed by atoms with Crippen LogP contribution in [0.15, 0.2) is 17.2 Å². The summed E-state index contributed by atoms with van der Waals surface area (Å²) in [6, 6.07) is 0. The van der Waals surface area contributed by atoms with Crippen LogP contribution in [-0.2, 0) is 0 Å². The van der Waals surface area contributed by atoms with E-state index in [-0.39, 0.29) is 17.2 Å². The van der Waals surface area contributed by atoms with E-state index in [0.29, 0.717) is 12.5 Å². The molecule has 6 heteroatoms. The highest BCUT2D eigenvalue weighted by Gasteiger charge is 2.14. The van der Waals surface area contributed by atoms with Crippen molar-refractivity contribution >= 4 is 5.91 Å². The van der Waals surface area contributed by atoms with Gasteiger partial charge < -0.3 is 15.6 Å². The van der Waals surface area contributed by atoms with E-state index in [9.17, 15) is 9.59 Å². The van der Waals surface area contributed by atoms with Gasteiger partial charge in [0.1, 0.15) is 5.69 Å². The molecule has 1 aliphatic rings. The zero-order valence-corrected chi connectivity index (χ0v) is 9.53. The number of aromatic nitrogens is 2. The maximum Gasteiger partial charge on any atom is 0.271 e. The number of hydrogen-bond donors (Lipinski definition) is 3. The molecule has 1 aliphatic heterocycles. The second-order valence-electron chi connectivity index (χ2n) is 4.20. The summed E-state index contributed by atoms with van der Waals surface area (Å²) in [4.78, 5) is 28.6. The molecule has 17 heavy (non-hydrogen) atoms. The number of nitrogens with one attached hydrogen (secondary N) is 3. The lowest BCUT2D eigenvalue weighted by Crippen LogP contribution is -2.28. The van der Waals surface area contributed by atoms with Gasteiger partial charge in [-0.2, -0.15) is 0 Å². The summed E-state index contributed by atoms with van der Waals surface area (Å²) in [5, 5.41) is 6.08. The third-order valence-electron chi connectivity index (χ3n) is 2.91. The van der Waals surface area contributed by atoms with Crippen LogP contribution in [0, 0.1) is 5.92 Å². The molecule has 1 saturated heterocycles. The number of nitrogens with zero attached hydrogens (tertiary/aromatic N) is 1. The van der Waals surface area contributed by atoms with Crippen LogP contribution in [0.3, 0.4) is 0 Å². The summed E-state index contributed by atoms with van der Waals surface area (Å²) in [5.74, 6) is 0.408. The van der Waals surface area contributed by atoms with Gasteiger partial charge in [0.2, 0.25) is 0 Å². The molecule has 1 atom stereocenters. The smallest absolute Gasteiger partial charge is 0.271 e. The Kier molecular flexibility index (Phi) is 3.87. The molecule has 1 aromatic heterocycles. The summed E-state index contributed by atoms with van der Waals surface area (Å²) in [7, 11) is 0. The molecule has 1 fully saturated rings. The quantitative estimate of drug-likeness (QED) is 0.657. The van der Waals surface area contributed by atoms with Crippen LogP contribution in [0.5, 0.6) is 0 Å². The predicted molar refractivity (Wildman–Crippen MR) is 62.8 cm³/mol. The minimum Gasteiger partial charge on any atom is -0.351 e. The number of carbonyl (C=O) groups excluding carboxylic acids is 1. The van der Waals surface area contributed by atoms with Crippen LogP contribution in [0.1, 0.15) is 23.3 Å². The van der Waals surface area contributed by atoms with Crippen molar-refractivity contribution in [3.05, 3.63) is 28.4 Å². The van der Waals surface area contributed by atoms with E-state index in [1.807, 2.05) is 0 Å². The first-order valence-corrected chi connectivity index (χ1v) is 5.79. The van der Waals surface area contributed by atoms with Crippen molar-refractivity contribution in [2.24, 2.45) is 5.92 Å². The highest BCUT2D eigenvalue weighted by molar-refractivity contribution is 5.91. The van der Waals surface area contributed by atoms with Gasteiger partial charge in [0, 0.05) is 12.7 Å². The fraction of sp³-hybridized carbons (Fsp3) is 0.545. The lowest BCUT2D eigenvalue weighted by atomic mass is 10.1. The monoisotopic (exact) mass is 236 g/mol. The first-order valence-electron chi connectivity index (χ1n) is 5.79. The van der Waals surface area contributed by atoms with Gasteiger partial charge in [-0.3, -0.25) is 9.59 Å². The highest BCUT2D eigenvalue weighted by atomic mass is 16.2. The van der Waals surface area contributed by atoms with E-state index in [0.717, 1.165) is 25.7 Å². The van der Waals surface area contributed by atoms with Crippen LogP contribution in [0.2, 0.25) is 0 Å². The Balaban J connectivity index is 1.76. The van der Waals surface area contributed by atoms with Crippen molar-refractivity contribution in [1.29, 1.82) is 0 Å². The molecule has 1 amide bonds. The summed E-state index contributed by atoms with van der Waals surface area (Å²) in [6.45, 7) is 2.75. The van der Waals surface area contributed by atoms with E-state index in [4.69, 9.17) is 0 Å². The fourth-order valence-corrected chi connectivity index (χ4v) is 1.91. The Bertz CT molecular complexity index is 417. The van der Waals surface area contributed by atoms with E-state index >= 15 is 0 Å². The topological polar surface area (TPSA) is 86.9 Å². The Labute approximate surface area is 98.8 Å². The zero-order chi connectivity index (χ0) is 12.1. The van der Waals surface area contributed by atoms with E-state index in [1.165, 1.54) is 12.6 Å². The molecule has 2 rings (SSSR count). The van der Waals surface area contributed by atoms with E-state index in [1.54, 1.807) is 0 Å². The summed E-state index contributed by atoms with van der Waals surface area (Å²) >= 11 is 0. The number of amides is 1. The van der Waals surface area contributed by atoms with Crippen LogP contribution in [0.25, 0.3) is 0 Å². The minimum absolute atomic E-state index is 0.243. The SMILES string of the molecule is O=C(NCCC1CCNC1)c1c[nH]c(=O)cn1. The Morgan fingerprint density at radius 1 is 1.59 bits per heavy atom. The van der Waals surface area contributed by atoms with Gasteiger partial charge in [0.05, 0.1) is 6.20 Å². The Morgan fingerprint density at radius 3 is 3.12 bits per heavy atom. The lowest BCUT2D eigenvalue weighted by Gasteiger charge is -2.08. The molecule has 1 unspecified atom stereocenters. The minimum atomic E-state index is -0.307. The number of hydrogen-bond acceptors (Lipinski definition) is 4. The molecule has 0 bridgehead atoms. The zero-order valence-electron chi connectivity index (χ0n) is 9.53. The highest BCUT2D eigenvalue weighted by Crippen LogP contribution is 2.10. The standard InChI is InChI=1S/C11H16N4O2/c16-10-7-14-9(6-15-10)11(17)13-4-2-8-1-3-12-5-8/h6-8,12H,1-5H2,(H,13,17)(H,15,16). The van der Waals surface area contributed by atoms with Crippen molar-refractivity contribution < 1.29 is 4.79 Å². The normalized spacial score (nSPS) is 19.2. The molecule has 1 aromatic rings. The van der Waals surface area contributed by atoms with Gasteiger partial charge in [-0.25, -0.2) is 4.98 Å². The predicted octanol–water partition coefficient (Wildman–Crippen LogP) is -0.501. The van der Waals surface area contributed by atoms with Gasteiger partial charge in [0.25, 0.3) is 11.5 Å². The second kappa shape index (κ2) is 5.58. The molecular formula is C11H16N4O2. The van der Waals surface area contributed by atoms with Crippen molar-refractivity contribution in [3.8, 4) is 0 Å². The fourth-order valence-electron chi connectivity index (χ4n) is 1.91. The molecule has 2 heterocycles. The number of H-pyrrole nitrogens is 1. The molecule has 0 radical (unpaired) electrons. The largest absolute Gasteiger partial charge is 0.351 e. The van der Waals surface area contributed by atoms with Crippen molar-refractivity contribution in [1.82, 2.24) is 20.6 Å². The average molecular weight is 236 g/mol. The van der Waals surface area contributed by atoms with Gasteiger partial charge in [-0.1, -0.05) is 0 Å². The van der Waals surface area contributed by atoms with Crippen LogP contribution >= 0.6 is 0 Å². The number of aromatic amines is 1. The molecular weight excluding hydrogens is 220 g/mol. The van der Waals surface area contributed by atoms with Crippen LogP contribution < -0.4 is 16.2 Å². The van der Waals surface area contributed by atoms with Gasteiger partial charge >= 0.3 is 0 Å². The van der Waals surface area contributed by atoms with Crippen molar-refractivity contribution in [2.75, 3.05) is 19.6 Å². The van der Waals surface area contributed by atoms with E-state index in [2.05, 4.69) is 20.6 Å². The van der Waals surface area contributed by atoms with Gasteiger partial charge in [0.15, 0.2) is 0 Å². The molecule has 3 N–H and O–H groups in total. The Hall–Kier alpha value is -1.69. The number of carbonyl (C=O) groups is 1. The molecule has 6 nitrogen and oxygen atoms in total. The molecule has 0 spiro atoms. The first kappa shape index (κ1) is 11.8. The summed E-state index contributed by atoms with van der Waals surface area (Å²) in [6.07, 6.45) is 4.58. The second-order valence-corrected chi connectivity index (χ2v) is 4.20. The van der Waals surface area contributed by atoms with Crippen LogP contribution in [0.4, 0.5) is 0 Å². The summed E-state index contributed by atoms with van der Waals surface area (Å²) < 4.78 is 0. The Morgan fingerprint density at radius 2 is 2.47 bits per heavy atom. The summed E-state index contributed by atoms with van der Waals surface area (Å²) in [5.41, 5.74) is -0.0623. The molecule has 92 valence electrons. The maximum absolute atomic E-state index is 11.6.